The predicted molar refractivity (Wildman–Crippen MR) is 110 cm³/mol. The first-order valence-corrected chi connectivity index (χ1v) is 10.1. The van der Waals surface area contributed by atoms with E-state index in [0.29, 0.717) is 12.0 Å². The third kappa shape index (κ3) is 4.47. The van der Waals surface area contributed by atoms with Crippen molar-refractivity contribution in [3.8, 4) is 11.1 Å². The number of halogens is 1. The molecule has 4 rings (SSSR count). The summed E-state index contributed by atoms with van der Waals surface area (Å²) in [4.78, 5) is 4.98. The van der Waals surface area contributed by atoms with Gasteiger partial charge < -0.3 is 10.2 Å². The van der Waals surface area contributed by atoms with Crippen LogP contribution >= 0.6 is 11.6 Å². The monoisotopic (exact) mass is 369 g/mol. The lowest BCUT2D eigenvalue weighted by molar-refractivity contribution is 0.154. The molecule has 0 radical (unpaired) electrons. The van der Waals surface area contributed by atoms with E-state index in [2.05, 4.69) is 52.5 Å². The first-order chi connectivity index (χ1) is 12.7. The molecule has 1 saturated heterocycles. The van der Waals surface area contributed by atoms with Crippen molar-refractivity contribution in [1.29, 1.82) is 0 Å². The van der Waals surface area contributed by atoms with Crippen LogP contribution in [-0.2, 0) is 0 Å². The molecule has 0 spiro atoms. The molecule has 4 heteroatoms. The Morgan fingerprint density at radius 3 is 2.50 bits per heavy atom. The summed E-state index contributed by atoms with van der Waals surface area (Å²) in [7, 11) is 2.21. The Kier molecular flexibility index (Phi) is 5.60. The largest absolute Gasteiger partial charge is 0.312 e. The molecule has 1 heterocycles. The quantitative estimate of drug-likeness (QED) is 0.837. The fourth-order valence-electron chi connectivity index (χ4n) is 3.86. The summed E-state index contributed by atoms with van der Waals surface area (Å²) < 4.78 is 0. The van der Waals surface area contributed by atoms with E-state index in [0.717, 1.165) is 11.6 Å². The van der Waals surface area contributed by atoms with Gasteiger partial charge in [-0.2, -0.15) is 0 Å². The van der Waals surface area contributed by atoms with Crippen LogP contribution in [0.4, 0.5) is 0 Å². The van der Waals surface area contributed by atoms with E-state index in [1.54, 1.807) is 0 Å². The maximum absolute atomic E-state index is 6.10. The molecule has 1 N–H and O–H groups in total. The van der Waals surface area contributed by atoms with Gasteiger partial charge in [0.2, 0.25) is 0 Å². The number of piperazine rings is 1. The number of nitrogens with zero attached hydrogens (tertiary/aromatic N) is 2. The van der Waals surface area contributed by atoms with Gasteiger partial charge in [0.05, 0.1) is 0 Å². The van der Waals surface area contributed by atoms with E-state index in [1.165, 1.54) is 55.8 Å². The molecule has 0 amide bonds. The van der Waals surface area contributed by atoms with E-state index >= 15 is 0 Å². The summed E-state index contributed by atoms with van der Waals surface area (Å²) in [6, 6.07) is 17.7. The molecule has 2 aromatic carbocycles. The average Bonchev–Trinajstić information content (AvgIpc) is 3.43. The topological polar surface area (TPSA) is 18.5 Å². The Hall–Kier alpha value is -1.39. The summed E-state index contributed by atoms with van der Waals surface area (Å²) in [6.45, 7) is 7.08. The highest BCUT2D eigenvalue weighted by Crippen LogP contribution is 2.41. The van der Waals surface area contributed by atoms with Gasteiger partial charge in [-0.05, 0) is 42.3 Å². The molecule has 2 fully saturated rings. The second kappa shape index (κ2) is 8.10. The molecule has 1 aliphatic heterocycles. The average molecular weight is 370 g/mol. The van der Waals surface area contributed by atoms with Crippen LogP contribution in [0.1, 0.15) is 17.9 Å². The van der Waals surface area contributed by atoms with Crippen LogP contribution in [0.3, 0.4) is 0 Å². The molecule has 2 aromatic rings. The fourth-order valence-corrected chi connectivity index (χ4v) is 4.05. The molecule has 2 atom stereocenters. The third-order valence-corrected chi connectivity index (χ3v) is 5.95. The van der Waals surface area contributed by atoms with Crippen LogP contribution in [0.5, 0.6) is 0 Å². The normalized spacial score (nSPS) is 23.9. The number of rotatable bonds is 6. The number of nitrogens with one attached hydrogen (secondary N) is 1. The molecule has 0 aromatic heterocycles. The predicted octanol–water partition coefficient (Wildman–Crippen LogP) is 3.70. The Balaban J connectivity index is 1.25. The summed E-state index contributed by atoms with van der Waals surface area (Å²) in [5.41, 5.74) is 3.87. The van der Waals surface area contributed by atoms with Crippen molar-refractivity contribution in [3.63, 3.8) is 0 Å². The van der Waals surface area contributed by atoms with Crippen LogP contribution in [0.25, 0.3) is 11.1 Å². The first-order valence-electron chi connectivity index (χ1n) is 9.69. The number of likely N-dealkylation sites (N-methyl/N-ethyl adjacent to an activating group) is 1. The van der Waals surface area contributed by atoms with Gasteiger partial charge in [0.15, 0.2) is 0 Å². The number of hydrogen-bond acceptors (Lipinski definition) is 3. The number of benzene rings is 2. The Morgan fingerprint density at radius 1 is 1.00 bits per heavy atom. The Bertz CT molecular complexity index is 722. The second-order valence-corrected chi connectivity index (χ2v) is 8.12. The van der Waals surface area contributed by atoms with E-state index in [1.807, 2.05) is 18.2 Å². The van der Waals surface area contributed by atoms with Crippen LogP contribution in [0, 0.1) is 0 Å². The lowest BCUT2D eigenvalue weighted by Gasteiger charge is -2.32. The molecule has 2 aliphatic rings. The molecule has 1 saturated carbocycles. The lowest BCUT2D eigenvalue weighted by atomic mass is 10.0. The van der Waals surface area contributed by atoms with Gasteiger partial charge in [0, 0.05) is 56.3 Å². The maximum atomic E-state index is 6.10. The van der Waals surface area contributed by atoms with Crippen LogP contribution < -0.4 is 5.32 Å². The SMILES string of the molecule is CN1CCN(CCN[C@@H]2C[C@H]2c2ccc(-c3cccc(Cl)c3)cc2)CC1. The van der Waals surface area contributed by atoms with Gasteiger partial charge in [-0.15, -0.1) is 0 Å². The van der Waals surface area contributed by atoms with Gasteiger partial charge in [-0.25, -0.2) is 0 Å². The van der Waals surface area contributed by atoms with E-state index in [9.17, 15) is 0 Å². The Labute approximate surface area is 161 Å². The molecule has 3 nitrogen and oxygen atoms in total. The number of hydrogen-bond donors (Lipinski definition) is 1. The zero-order valence-electron chi connectivity index (χ0n) is 15.5. The summed E-state index contributed by atoms with van der Waals surface area (Å²) in [6.07, 6.45) is 1.26. The van der Waals surface area contributed by atoms with Crippen LogP contribution in [-0.4, -0.2) is 62.2 Å². The van der Waals surface area contributed by atoms with Gasteiger partial charge in [-0.1, -0.05) is 48.0 Å². The van der Waals surface area contributed by atoms with Crippen LogP contribution in [0.15, 0.2) is 48.5 Å². The van der Waals surface area contributed by atoms with Gasteiger partial charge in [0.1, 0.15) is 0 Å². The van der Waals surface area contributed by atoms with Crippen molar-refractivity contribution in [2.24, 2.45) is 0 Å². The fraction of sp³-hybridized carbons (Fsp3) is 0.455. The molecule has 138 valence electrons. The molecule has 1 aliphatic carbocycles. The van der Waals surface area contributed by atoms with E-state index in [4.69, 9.17) is 11.6 Å². The maximum Gasteiger partial charge on any atom is 0.0412 e. The summed E-state index contributed by atoms with van der Waals surface area (Å²) in [5, 5.41) is 4.53. The van der Waals surface area contributed by atoms with Crippen molar-refractivity contribution < 1.29 is 0 Å². The minimum atomic E-state index is 0.652. The zero-order chi connectivity index (χ0) is 17.9. The third-order valence-electron chi connectivity index (χ3n) is 5.72. The molecular weight excluding hydrogens is 342 g/mol. The standard InChI is InChI=1S/C22H28ClN3/c1-25-11-13-26(14-12-25)10-9-24-22-16-21(22)18-7-5-17(6-8-18)19-3-2-4-20(23)15-19/h2-8,15,21-22,24H,9-14,16H2,1H3/t21-,22+/m0/s1. The van der Waals surface area contributed by atoms with Gasteiger partial charge in [-0.3, -0.25) is 4.90 Å². The highest BCUT2D eigenvalue weighted by atomic mass is 35.5. The minimum absolute atomic E-state index is 0.652. The van der Waals surface area contributed by atoms with Crippen molar-refractivity contribution in [2.75, 3.05) is 46.3 Å². The van der Waals surface area contributed by atoms with Crippen molar-refractivity contribution in [3.05, 3.63) is 59.1 Å². The highest BCUT2D eigenvalue weighted by Gasteiger charge is 2.37. The molecule has 0 bridgehead atoms. The second-order valence-electron chi connectivity index (χ2n) is 7.68. The summed E-state index contributed by atoms with van der Waals surface area (Å²) >= 11 is 6.10. The van der Waals surface area contributed by atoms with Crippen molar-refractivity contribution in [1.82, 2.24) is 15.1 Å². The minimum Gasteiger partial charge on any atom is -0.312 e. The smallest absolute Gasteiger partial charge is 0.0412 e. The van der Waals surface area contributed by atoms with E-state index < -0.39 is 0 Å². The van der Waals surface area contributed by atoms with Crippen molar-refractivity contribution >= 4 is 11.6 Å². The van der Waals surface area contributed by atoms with Gasteiger partial charge in [0.25, 0.3) is 0 Å². The Morgan fingerprint density at radius 2 is 1.77 bits per heavy atom. The first kappa shape index (κ1) is 18.0. The zero-order valence-corrected chi connectivity index (χ0v) is 16.3. The lowest BCUT2D eigenvalue weighted by Crippen LogP contribution is -2.46. The highest BCUT2D eigenvalue weighted by molar-refractivity contribution is 6.30. The van der Waals surface area contributed by atoms with Crippen LogP contribution in [0.2, 0.25) is 5.02 Å². The van der Waals surface area contributed by atoms with Gasteiger partial charge >= 0.3 is 0 Å². The van der Waals surface area contributed by atoms with E-state index in [-0.39, 0.29) is 0 Å². The molecule has 26 heavy (non-hydrogen) atoms. The van der Waals surface area contributed by atoms with Crippen molar-refractivity contribution in [2.45, 2.75) is 18.4 Å². The summed E-state index contributed by atoms with van der Waals surface area (Å²) in [5.74, 6) is 0.677. The molecule has 0 unspecified atom stereocenters. The molecular formula is C22H28ClN3.